The molecule has 1 N–H and O–H groups in total. The topological polar surface area (TPSA) is 50.2 Å². The number of carbonyl (C=O) groups is 1. The van der Waals surface area contributed by atoms with Crippen molar-refractivity contribution in [2.75, 3.05) is 0 Å². The van der Waals surface area contributed by atoms with Crippen molar-refractivity contribution < 1.29 is 9.90 Å². The number of rotatable bonds is 8. The van der Waals surface area contributed by atoms with Gasteiger partial charge >= 0.3 is 5.97 Å². The molecule has 3 nitrogen and oxygen atoms in total. The fourth-order valence-corrected chi connectivity index (χ4v) is 3.89. The molecule has 3 heteroatoms. The van der Waals surface area contributed by atoms with Gasteiger partial charge in [0.05, 0.1) is 11.3 Å². The van der Waals surface area contributed by atoms with Crippen molar-refractivity contribution in [3.05, 3.63) is 29.1 Å². The molecule has 22 heavy (non-hydrogen) atoms. The summed E-state index contributed by atoms with van der Waals surface area (Å²) in [4.78, 5) is 15.7. The number of aryl methyl sites for hydroxylation is 1. The van der Waals surface area contributed by atoms with Crippen molar-refractivity contribution in [1.29, 1.82) is 0 Å². The van der Waals surface area contributed by atoms with Gasteiger partial charge in [0.2, 0.25) is 0 Å². The number of hydrogen-bond donors (Lipinski definition) is 1. The lowest BCUT2D eigenvalue weighted by Crippen LogP contribution is -2.31. The molecule has 3 unspecified atom stereocenters. The van der Waals surface area contributed by atoms with E-state index in [0.29, 0.717) is 23.1 Å². The summed E-state index contributed by atoms with van der Waals surface area (Å²) < 4.78 is 0. The number of pyridine rings is 1. The van der Waals surface area contributed by atoms with Gasteiger partial charge in [-0.2, -0.15) is 0 Å². The number of nitrogens with zero attached hydrogens (tertiary/aromatic N) is 1. The molecule has 1 aromatic heterocycles. The highest BCUT2D eigenvalue weighted by Crippen LogP contribution is 2.47. The molecule has 1 aromatic rings. The normalized spacial score (nSPS) is 22.1. The Morgan fingerprint density at radius 3 is 2.68 bits per heavy atom. The summed E-state index contributed by atoms with van der Waals surface area (Å²) >= 11 is 0. The van der Waals surface area contributed by atoms with E-state index in [2.05, 4.69) is 18.8 Å². The summed E-state index contributed by atoms with van der Waals surface area (Å²) in [6, 6.07) is 1.86. The first-order chi connectivity index (χ1) is 10.6. The first-order valence-corrected chi connectivity index (χ1v) is 8.78. The molecule has 2 rings (SSSR count). The van der Waals surface area contributed by atoms with Crippen LogP contribution >= 0.6 is 0 Å². The standard InChI is InChI=1S/C19H29NO2/c1-4-6-7-8-14-9-10-17(14)16(5-2)15-11-18(19(21)22)13(3)20-12-15/h11-12,14,16-17H,4-10H2,1-3H3,(H,21,22). The van der Waals surface area contributed by atoms with Gasteiger partial charge in [0.1, 0.15) is 0 Å². The first kappa shape index (κ1) is 17.0. The second-order valence-electron chi connectivity index (χ2n) is 6.72. The summed E-state index contributed by atoms with van der Waals surface area (Å²) in [5.74, 6) is 1.14. The third kappa shape index (κ3) is 3.68. The Hall–Kier alpha value is -1.38. The van der Waals surface area contributed by atoms with Crippen molar-refractivity contribution in [2.24, 2.45) is 11.8 Å². The maximum atomic E-state index is 11.3. The number of carboxylic acid groups (broad SMARTS) is 1. The minimum Gasteiger partial charge on any atom is -0.478 e. The van der Waals surface area contributed by atoms with E-state index in [0.717, 1.165) is 17.9 Å². The Kier molecular flexibility index (Phi) is 5.98. The molecule has 0 aliphatic heterocycles. The van der Waals surface area contributed by atoms with Crippen LogP contribution in [0.25, 0.3) is 0 Å². The van der Waals surface area contributed by atoms with Crippen molar-refractivity contribution in [3.8, 4) is 0 Å². The third-order valence-corrected chi connectivity index (χ3v) is 5.38. The maximum Gasteiger partial charge on any atom is 0.337 e. The molecule has 1 aliphatic rings. The number of aromatic carboxylic acids is 1. The Bertz CT molecular complexity index is 512. The molecule has 3 atom stereocenters. The highest BCUT2D eigenvalue weighted by molar-refractivity contribution is 5.88. The van der Waals surface area contributed by atoms with Crippen molar-refractivity contribution in [2.45, 2.75) is 71.6 Å². The summed E-state index contributed by atoms with van der Waals surface area (Å²) in [6.07, 6.45) is 10.9. The van der Waals surface area contributed by atoms with E-state index in [4.69, 9.17) is 0 Å². The molecule has 0 saturated heterocycles. The lowest BCUT2D eigenvalue weighted by atomic mass is 9.63. The minimum absolute atomic E-state index is 0.359. The SMILES string of the molecule is CCCCCC1CCC1C(CC)c1cnc(C)c(C(=O)O)c1. The van der Waals surface area contributed by atoms with Gasteiger partial charge in [0.25, 0.3) is 0 Å². The number of aromatic nitrogens is 1. The molecule has 1 saturated carbocycles. The van der Waals surface area contributed by atoms with Gasteiger partial charge < -0.3 is 5.11 Å². The Morgan fingerprint density at radius 1 is 1.36 bits per heavy atom. The van der Waals surface area contributed by atoms with Crippen LogP contribution < -0.4 is 0 Å². The van der Waals surface area contributed by atoms with Crippen LogP contribution in [0.4, 0.5) is 0 Å². The fraction of sp³-hybridized carbons (Fsp3) is 0.684. The maximum absolute atomic E-state index is 11.3. The molecular weight excluding hydrogens is 274 g/mol. The molecule has 1 aliphatic carbocycles. The van der Waals surface area contributed by atoms with E-state index in [9.17, 15) is 9.90 Å². The Morgan fingerprint density at radius 2 is 2.14 bits per heavy atom. The lowest BCUT2D eigenvalue weighted by Gasteiger charge is -2.42. The van der Waals surface area contributed by atoms with E-state index >= 15 is 0 Å². The molecule has 0 radical (unpaired) electrons. The van der Waals surface area contributed by atoms with Gasteiger partial charge in [-0.3, -0.25) is 4.98 Å². The quantitative estimate of drug-likeness (QED) is 0.672. The van der Waals surface area contributed by atoms with E-state index in [1.807, 2.05) is 12.3 Å². The van der Waals surface area contributed by atoms with Crippen LogP contribution in [0.3, 0.4) is 0 Å². The number of hydrogen-bond acceptors (Lipinski definition) is 2. The molecular formula is C19H29NO2. The van der Waals surface area contributed by atoms with Gasteiger partial charge in [0, 0.05) is 6.20 Å². The van der Waals surface area contributed by atoms with Crippen LogP contribution in [0.1, 0.15) is 86.3 Å². The van der Waals surface area contributed by atoms with Crippen LogP contribution in [0.2, 0.25) is 0 Å². The van der Waals surface area contributed by atoms with Gasteiger partial charge in [-0.05, 0) is 55.6 Å². The average molecular weight is 303 g/mol. The van der Waals surface area contributed by atoms with E-state index in [1.165, 1.54) is 38.5 Å². The third-order valence-electron chi connectivity index (χ3n) is 5.38. The monoisotopic (exact) mass is 303 g/mol. The smallest absolute Gasteiger partial charge is 0.337 e. The molecule has 1 heterocycles. The van der Waals surface area contributed by atoms with E-state index in [-0.39, 0.29) is 0 Å². The molecule has 122 valence electrons. The van der Waals surface area contributed by atoms with Crippen molar-refractivity contribution >= 4 is 5.97 Å². The van der Waals surface area contributed by atoms with Gasteiger partial charge in [-0.25, -0.2) is 4.79 Å². The summed E-state index contributed by atoms with van der Waals surface area (Å²) in [5, 5.41) is 9.31. The highest BCUT2D eigenvalue weighted by atomic mass is 16.4. The fourth-order valence-electron chi connectivity index (χ4n) is 3.89. The first-order valence-electron chi connectivity index (χ1n) is 8.78. The second-order valence-corrected chi connectivity index (χ2v) is 6.72. The summed E-state index contributed by atoms with van der Waals surface area (Å²) in [7, 11) is 0. The summed E-state index contributed by atoms with van der Waals surface area (Å²) in [5.41, 5.74) is 2.09. The lowest BCUT2D eigenvalue weighted by molar-refractivity contribution is 0.0695. The van der Waals surface area contributed by atoms with Crippen LogP contribution in [0.5, 0.6) is 0 Å². The molecule has 0 spiro atoms. The zero-order chi connectivity index (χ0) is 16.1. The zero-order valence-corrected chi connectivity index (χ0v) is 14.1. The van der Waals surface area contributed by atoms with Gasteiger partial charge in [0.15, 0.2) is 0 Å². The van der Waals surface area contributed by atoms with Crippen LogP contribution in [0.15, 0.2) is 12.3 Å². The predicted molar refractivity (Wildman–Crippen MR) is 89.3 cm³/mol. The van der Waals surface area contributed by atoms with Gasteiger partial charge in [-0.15, -0.1) is 0 Å². The molecule has 1 fully saturated rings. The van der Waals surface area contributed by atoms with E-state index in [1.54, 1.807) is 6.92 Å². The number of carboxylic acids is 1. The zero-order valence-electron chi connectivity index (χ0n) is 14.1. The average Bonchev–Trinajstić information content (AvgIpc) is 2.48. The second kappa shape index (κ2) is 7.75. The molecule has 0 amide bonds. The molecule has 0 bridgehead atoms. The minimum atomic E-state index is -0.866. The highest BCUT2D eigenvalue weighted by Gasteiger charge is 2.36. The Labute approximate surface area is 134 Å². The molecule has 0 aromatic carbocycles. The van der Waals surface area contributed by atoms with E-state index < -0.39 is 5.97 Å². The largest absolute Gasteiger partial charge is 0.478 e. The predicted octanol–water partition coefficient (Wildman–Crippen LogP) is 5.19. The van der Waals surface area contributed by atoms with Crippen molar-refractivity contribution in [3.63, 3.8) is 0 Å². The van der Waals surface area contributed by atoms with Gasteiger partial charge in [-0.1, -0.05) is 39.5 Å². The van der Waals surface area contributed by atoms with Crippen LogP contribution in [0, 0.1) is 18.8 Å². The Balaban J connectivity index is 2.11. The van der Waals surface area contributed by atoms with Crippen LogP contribution in [-0.4, -0.2) is 16.1 Å². The van der Waals surface area contributed by atoms with Crippen molar-refractivity contribution in [1.82, 2.24) is 4.98 Å². The van der Waals surface area contributed by atoms with Crippen LogP contribution in [-0.2, 0) is 0 Å². The summed E-state index contributed by atoms with van der Waals surface area (Å²) in [6.45, 7) is 6.23. The number of unbranched alkanes of at least 4 members (excludes halogenated alkanes) is 2.